The maximum atomic E-state index is 12.0. The van der Waals surface area contributed by atoms with Crippen LogP contribution in [0.15, 0.2) is 0 Å². The summed E-state index contributed by atoms with van der Waals surface area (Å²) in [6, 6.07) is 0. The number of hydrogen-bond acceptors (Lipinski definition) is 4. The van der Waals surface area contributed by atoms with Crippen LogP contribution in [0.4, 0.5) is 0 Å². The molecule has 1 aliphatic rings. The first-order valence-electron chi connectivity index (χ1n) is 5.64. The van der Waals surface area contributed by atoms with Crippen molar-refractivity contribution in [1.82, 2.24) is 0 Å². The van der Waals surface area contributed by atoms with Crippen molar-refractivity contribution in [3.05, 3.63) is 0 Å². The molecule has 0 aromatic heterocycles. The zero-order chi connectivity index (χ0) is 12.3. The predicted molar refractivity (Wildman–Crippen MR) is 67.5 cm³/mol. The number of hydrogen-bond donors (Lipinski definition) is 1. The molecule has 0 bridgehead atoms. The monoisotopic (exact) mass is 267 g/mol. The zero-order valence-corrected chi connectivity index (χ0v) is 11.5. The molecule has 0 saturated heterocycles. The van der Waals surface area contributed by atoms with Gasteiger partial charge < -0.3 is 5.73 Å². The molecule has 96 valence electrons. The minimum atomic E-state index is -2.99. The summed E-state index contributed by atoms with van der Waals surface area (Å²) in [5.74, 6) is 0. The Morgan fingerprint density at radius 1 is 1.44 bits per heavy atom. The Labute approximate surface area is 100 Å². The molecule has 16 heavy (non-hydrogen) atoms. The van der Waals surface area contributed by atoms with Crippen molar-refractivity contribution in [2.24, 2.45) is 5.73 Å². The summed E-state index contributed by atoms with van der Waals surface area (Å²) in [6.07, 6.45) is 4.24. The maximum Gasteiger partial charge on any atom is 0.150 e. The molecule has 0 aliphatic heterocycles. The molecule has 1 saturated carbocycles. The van der Waals surface area contributed by atoms with Gasteiger partial charge in [-0.05, 0) is 26.2 Å². The van der Waals surface area contributed by atoms with Crippen LogP contribution in [0.2, 0.25) is 0 Å². The van der Waals surface area contributed by atoms with Crippen molar-refractivity contribution in [3.63, 3.8) is 0 Å². The second-order valence-corrected chi connectivity index (χ2v) is 9.07. The second kappa shape index (κ2) is 5.60. The van der Waals surface area contributed by atoms with Crippen LogP contribution < -0.4 is 5.73 Å². The van der Waals surface area contributed by atoms with Crippen LogP contribution in [0.1, 0.15) is 32.6 Å². The van der Waals surface area contributed by atoms with E-state index in [0.717, 1.165) is 12.8 Å². The third-order valence-electron chi connectivity index (χ3n) is 3.24. The number of nitrogens with two attached hydrogens (primary N) is 1. The van der Waals surface area contributed by atoms with Crippen molar-refractivity contribution in [1.29, 1.82) is 0 Å². The Morgan fingerprint density at radius 2 is 2.06 bits per heavy atom. The molecular weight excluding hydrogens is 246 g/mol. The largest absolute Gasteiger partial charge is 0.329 e. The quantitative estimate of drug-likeness (QED) is 0.801. The fourth-order valence-electron chi connectivity index (χ4n) is 2.13. The molecule has 0 amide bonds. The van der Waals surface area contributed by atoms with Gasteiger partial charge in [-0.3, -0.25) is 4.21 Å². The van der Waals surface area contributed by atoms with Crippen LogP contribution in [0.25, 0.3) is 0 Å². The van der Waals surface area contributed by atoms with Gasteiger partial charge in [-0.1, -0.05) is 6.42 Å². The van der Waals surface area contributed by atoms with Crippen LogP contribution in [0.5, 0.6) is 0 Å². The van der Waals surface area contributed by atoms with E-state index in [-0.39, 0.29) is 15.7 Å². The minimum Gasteiger partial charge on any atom is -0.329 e. The van der Waals surface area contributed by atoms with Crippen molar-refractivity contribution < 1.29 is 12.6 Å². The smallest absolute Gasteiger partial charge is 0.150 e. The van der Waals surface area contributed by atoms with E-state index in [1.807, 2.05) is 6.92 Å². The molecule has 1 rings (SSSR count). The van der Waals surface area contributed by atoms with E-state index < -0.39 is 20.6 Å². The van der Waals surface area contributed by atoms with Crippen molar-refractivity contribution in [2.75, 3.05) is 12.8 Å². The molecule has 0 spiro atoms. The fourth-order valence-corrected chi connectivity index (χ4v) is 5.09. The van der Waals surface area contributed by atoms with Gasteiger partial charge in [0.1, 0.15) is 9.84 Å². The lowest BCUT2D eigenvalue weighted by molar-refractivity contribution is 0.486. The van der Waals surface area contributed by atoms with Gasteiger partial charge in [0.2, 0.25) is 0 Å². The lowest BCUT2D eigenvalue weighted by Gasteiger charge is -2.28. The van der Waals surface area contributed by atoms with Crippen LogP contribution in [0.3, 0.4) is 0 Å². The molecular formula is C10H21NO3S2. The highest BCUT2D eigenvalue weighted by Crippen LogP contribution is 2.28. The van der Waals surface area contributed by atoms with E-state index in [4.69, 9.17) is 5.73 Å². The average Bonchev–Trinajstić information content (AvgIpc) is 2.26. The third-order valence-corrected chi connectivity index (χ3v) is 6.95. The van der Waals surface area contributed by atoms with Gasteiger partial charge in [-0.15, -0.1) is 0 Å². The van der Waals surface area contributed by atoms with Gasteiger partial charge in [0.15, 0.2) is 0 Å². The lowest BCUT2D eigenvalue weighted by Crippen LogP contribution is -2.37. The van der Waals surface area contributed by atoms with Crippen molar-refractivity contribution in [2.45, 2.75) is 48.4 Å². The zero-order valence-electron chi connectivity index (χ0n) is 9.89. The van der Waals surface area contributed by atoms with E-state index >= 15 is 0 Å². The van der Waals surface area contributed by atoms with Crippen molar-refractivity contribution in [3.8, 4) is 0 Å². The summed E-state index contributed by atoms with van der Waals surface area (Å²) in [4.78, 5) is 0. The number of sulfone groups is 1. The Balaban J connectivity index is 2.68. The van der Waals surface area contributed by atoms with Gasteiger partial charge in [-0.25, -0.2) is 8.42 Å². The van der Waals surface area contributed by atoms with Crippen LogP contribution in [0, 0.1) is 0 Å². The molecule has 1 fully saturated rings. The molecule has 0 heterocycles. The number of rotatable bonds is 4. The SMILES string of the molecule is CC(CN)S(=O)C1CCCC(S(C)(=O)=O)C1. The second-order valence-electron chi connectivity index (χ2n) is 4.62. The minimum absolute atomic E-state index is 0.00650. The first-order valence-corrected chi connectivity index (χ1v) is 8.87. The van der Waals surface area contributed by atoms with Crippen LogP contribution >= 0.6 is 0 Å². The average molecular weight is 267 g/mol. The molecule has 0 aromatic carbocycles. The first-order chi connectivity index (χ1) is 7.36. The summed E-state index contributed by atoms with van der Waals surface area (Å²) in [6.45, 7) is 2.26. The van der Waals surface area contributed by atoms with E-state index in [9.17, 15) is 12.6 Å². The molecule has 6 heteroatoms. The summed E-state index contributed by atoms with van der Waals surface area (Å²) in [7, 11) is -3.99. The Morgan fingerprint density at radius 3 is 2.56 bits per heavy atom. The Bertz CT molecular complexity index is 353. The highest BCUT2D eigenvalue weighted by molar-refractivity contribution is 7.91. The first kappa shape index (κ1) is 14.1. The molecule has 2 N–H and O–H groups in total. The molecule has 4 nitrogen and oxygen atoms in total. The normalized spacial score (nSPS) is 30.9. The van der Waals surface area contributed by atoms with E-state index in [1.54, 1.807) is 0 Å². The standard InChI is InChI=1S/C10H21NO3S2/c1-8(7-11)15(12)9-4-3-5-10(6-9)16(2,13)14/h8-10H,3-7,11H2,1-2H3. The molecule has 4 atom stereocenters. The summed E-state index contributed by atoms with van der Waals surface area (Å²) < 4.78 is 35.0. The molecule has 0 radical (unpaired) electrons. The maximum absolute atomic E-state index is 12.0. The van der Waals surface area contributed by atoms with Gasteiger partial charge >= 0.3 is 0 Å². The molecule has 1 aliphatic carbocycles. The molecule has 4 unspecified atom stereocenters. The third kappa shape index (κ3) is 3.53. The fraction of sp³-hybridized carbons (Fsp3) is 1.00. The topological polar surface area (TPSA) is 77.2 Å². The predicted octanol–water partition coefficient (Wildman–Crippen LogP) is 0.438. The van der Waals surface area contributed by atoms with Gasteiger partial charge in [-0.2, -0.15) is 0 Å². The lowest BCUT2D eigenvalue weighted by atomic mass is 10.00. The summed E-state index contributed by atoms with van der Waals surface area (Å²) in [5.41, 5.74) is 5.49. The van der Waals surface area contributed by atoms with Gasteiger partial charge in [0.25, 0.3) is 0 Å². The van der Waals surface area contributed by atoms with E-state index in [0.29, 0.717) is 19.4 Å². The Hall–Kier alpha value is 0.0600. The van der Waals surface area contributed by atoms with E-state index in [1.165, 1.54) is 6.26 Å². The van der Waals surface area contributed by atoms with Crippen LogP contribution in [-0.2, 0) is 20.6 Å². The summed E-state index contributed by atoms with van der Waals surface area (Å²) >= 11 is 0. The Kier molecular flexibility index (Phi) is 4.94. The highest BCUT2D eigenvalue weighted by Gasteiger charge is 2.32. The van der Waals surface area contributed by atoms with Gasteiger partial charge in [0.05, 0.1) is 5.25 Å². The van der Waals surface area contributed by atoms with Crippen LogP contribution in [-0.4, -0.2) is 41.2 Å². The van der Waals surface area contributed by atoms with Gasteiger partial charge in [0, 0.05) is 34.1 Å². The highest BCUT2D eigenvalue weighted by atomic mass is 32.2. The summed E-state index contributed by atoms with van der Waals surface area (Å²) in [5, 5.41) is -0.337. The van der Waals surface area contributed by atoms with Crippen molar-refractivity contribution >= 4 is 20.6 Å². The van der Waals surface area contributed by atoms with E-state index in [2.05, 4.69) is 0 Å². The molecule has 0 aromatic rings.